The van der Waals surface area contributed by atoms with E-state index in [0.717, 1.165) is 19.4 Å². The summed E-state index contributed by atoms with van der Waals surface area (Å²) >= 11 is 0. The molecule has 2 aromatic carbocycles. The molecule has 3 nitrogen and oxygen atoms in total. The van der Waals surface area contributed by atoms with E-state index in [2.05, 4.69) is 34.9 Å². The van der Waals surface area contributed by atoms with Crippen molar-refractivity contribution in [1.82, 2.24) is 10.6 Å². The van der Waals surface area contributed by atoms with E-state index in [0.29, 0.717) is 6.54 Å². The van der Waals surface area contributed by atoms with Crippen LogP contribution < -0.4 is 10.6 Å². The summed E-state index contributed by atoms with van der Waals surface area (Å²) in [6.45, 7) is 1.55. The van der Waals surface area contributed by atoms with Gasteiger partial charge < -0.3 is 10.6 Å². The van der Waals surface area contributed by atoms with Gasteiger partial charge in [0.25, 0.3) is 0 Å². The molecule has 3 rings (SSSR count). The van der Waals surface area contributed by atoms with Crippen LogP contribution in [-0.2, 0) is 11.3 Å². The quantitative estimate of drug-likeness (QED) is 0.898. The van der Waals surface area contributed by atoms with Crippen molar-refractivity contribution in [2.24, 2.45) is 0 Å². The van der Waals surface area contributed by atoms with Gasteiger partial charge in [-0.25, -0.2) is 0 Å². The van der Waals surface area contributed by atoms with Gasteiger partial charge >= 0.3 is 0 Å². The van der Waals surface area contributed by atoms with Gasteiger partial charge in [-0.1, -0.05) is 48.9 Å². The zero-order valence-electron chi connectivity index (χ0n) is 11.6. The van der Waals surface area contributed by atoms with E-state index in [9.17, 15) is 4.79 Å². The number of piperidine rings is 1. The fourth-order valence-corrected chi connectivity index (χ4v) is 2.83. The molecular weight excluding hydrogens is 248 g/mol. The van der Waals surface area contributed by atoms with E-state index < -0.39 is 0 Å². The molecule has 1 aliphatic rings. The summed E-state index contributed by atoms with van der Waals surface area (Å²) in [6.07, 6.45) is 3.26. The van der Waals surface area contributed by atoms with Crippen LogP contribution in [0.3, 0.4) is 0 Å². The largest absolute Gasteiger partial charge is 0.351 e. The van der Waals surface area contributed by atoms with Gasteiger partial charge in [-0.3, -0.25) is 4.79 Å². The highest BCUT2D eigenvalue weighted by Crippen LogP contribution is 2.18. The van der Waals surface area contributed by atoms with Gasteiger partial charge in [-0.05, 0) is 35.7 Å². The van der Waals surface area contributed by atoms with Crippen LogP contribution >= 0.6 is 0 Å². The molecule has 1 aliphatic heterocycles. The van der Waals surface area contributed by atoms with E-state index >= 15 is 0 Å². The average Bonchev–Trinajstić information content (AvgIpc) is 2.53. The second-order valence-electron chi connectivity index (χ2n) is 5.36. The molecule has 3 heteroatoms. The van der Waals surface area contributed by atoms with Crippen LogP contribution in [0.4, 0.5) is 0 Å². The number of hydrogen-bond donors (Lipinski definition) is 2. The molecule has 20 heavy (non-hydrogen) atoms. The molecule has 1 amide bonds. The van der Waals surface area contributed by atoms with Crippen molar-refractivity contribution in [3.63, 3.8) is 0 Å². The number of fused-ring (bicyclic) bond motifs is 1. The normalized spacial score (nSPS) is 18.9. The van der Waals surface area contributed by atoms with Crippen molar-refractivity contribution in [2.75, 3.05) is 6.54 Å². The summed E-state index contributed by atoms with van der Waals surface area (Å²) < 4.78 is 0. The molecule has 0 saturated carbocycles. The van der Waals surface area contributed by atoms with E-state index in [1.165, 1.54) is 22.8 Å². The number of nitrogens with one attached hydrogen (secondary N) is 2. The lowest BCUT2D eigenvalue weighted by Crippen LogP contribution is -2.46. The fourth-order valence-electron chi connectivity index (χ4n) is 2.83. The van der Waals surface area contributed by atoms with Crippen molar-refractivity contribution >= 4 is 16.7 Å². The third-order valence-electron chi connectivity index (χ3n) is 3.96. The van der Waals surface area contributed by atoms with Crippen LogP contribution in [0.15, 0.2) is 42.5 Å². The first kappa shape index (κ1) is 13.1. The van der Waals surface area contributed by atoms with Gasteiger partial charge in [-0.2, -0.15) is 0 Å². The summed E-state index contributed by atoms with van der Waals surface area (Å²) in [5.41, 5.74) is 1.17. The Kier molecular flexibility index (Phi) is 3.97. The third-order valence-corrected chi connectivity index (χ3v) is 3.96. The smallest absolute Gasteiger partial charge is 0.237 e. The molecular formula is C17H20N2O. The third kappa shape index (κ3) is 2.83. The summed E-state index contributed by atoms with van der Waals surface area (Å²) in [4.78, 5) is 12.1. The first-order valence-electron chi connectivity index (χ1n) is 7.32. The zero-order valence-corrected chi connectivity index (χ0v) is 11.6. The predicted octanol–water partition coefficient (Wildman–Crippen LogP) is 2.60. The van der Waals surface area contributed by atoms with Crippen LogP contribution in [0, 0.1) is 0 Å². The molecule has 0 unspecified atom stereocenters. The fraction of sp³-hybridized carbons (Fsp3) is 0.353. The maximum atomic E-state index is 12.1. The Labute approximate surface area is 119 Å². The molecule has 2 aromatic rings. The number of hydrogen-bond acceptors (Lipinski definition) is 2. The second kappa shape index (κ2) is 6.06. The van der Waals surface area contributed by atoms with Gasteiger partial charge in [-0.15, -0.1) is 0 Å². The summed E-state index contributed by atoms with van der Waals surface area (Å²) in [5.74, 6) is 0.123. The van der Waals surface area contributed by atoms with Crippen molar-refractivity contribution in [1.29, 1.82) is 0 Å². The van der Waals surface area contributed by atoms with E-state index in [4.69, 9.17) is 0 Å². The lowest BCUT2D eigenvalue weighted by Gasteiger charge is -2.22. The van der Waals surface area contributed by atoms with Crippen LogP contribution in [0.2, 0.25) is 0 Å². The van der Waals surface area contributed by atoms with E-state index in [1.807, 2.05) is 18.2 Å². The van der Waals surface area contributed by atoms with Crippen molar-refractivity contribution in [3.8, 4) is 0 Å². The minimum absolute atomic E-state index is 0.0151. The van der Waals surface area contributed by atoms with Gasteiger partial charge in [0.05, 0.1) is 6.04 Å². The second-order valence-corrected chi connectivity index (χ2v) is 5.36. The topological polar surface area (TPSA) is 41.1 Å². The van der Waals surface area contributed by atoms with E-state index in [1.54, 1.807) is 0 Å². The number of benzene rings is 2. The standard InChI is InChI=1S/C17H20N2O/c20-17(16-10-3-4-11-18-16)19-12-14-8-5-7-13-6-1-2-9-15(13)14/h1-2,5-9,16,18H,3-4,10-12H2,(H,19,20)/t16-/m1/s1. The average molecular weight is 268 g/mol. The van der Waals surface area contributed by atoms with Gasteiger partial charge in [0.1, 0.15) is 0 Å². The molecule has 0 aromatic heterocycles. The van der Waals surface area contributed by atoms with E-state index in [-0.39, 0.29) is 11.9 Å². The first-order valence-corrected chi connectivity index (χ1v) is 7.32. The molecule has 1 saturated heterocycles. The van der Waals surface area contributed by atoms with Gasteiger partial charge in [0, 0.05) is 6.54 Å². The van der Waals surface area contributed by atoms with Gasteiger partial charge in [0.2, 0.25) is 5.91 Å². The zero-order chi connectivity index (χ0) is 13.8. The van der Waals surface area contributed by atoms with Crippen LogP contribution in [0.25, 0.3) is 10.8 Å². The summed E-state index contributed by atoms with van der Waals surface area (Å²) in [7, 11) is 0. The number of rotatable bonds is 3. The Morgan fingerprint density at radius 3 is 2.85 bits per heavy atom. The molecule has 0 bridgehead atoms. The van der Waals surface area contributed by atoms with Crippen molar-refractivity contribution < 1.29 is 4.79 Å². The Hall–Kier alpha value is -1.87. The highest BCUT2D eigenvalue weighted by Gasteiger charge is 2.19. The lowest BCUT2D eigenvalue weighted by atomic mass is 10.0. The van der Waals surface area contributed by atoms with Crippen LogP contribution in [0.1, 0.15) is 24.8 Å². The monoisotopic (exact) mass is 268 g/mol. The lowest BCUT2D eigenvalue weighted by molar-refractivity contribution is -0.123. The Morgan fingerprint density at radius 1 is 1.15 bits per heavy atom. The van der Waals surface area contributed by atoms with Crippen molar-refractivity contribution in [3.05, 3.63) is 48.0 Å². The summed E-state index contributed by atoms with van der Waals surface area (Å²) in [6, 6.07) is 14.5. The Balaban J connectivity index is 1.69. The molecule has 104 valence electrons. The van der Waals surface area contributed by atoms with Crippen LogP contribution in [0.5, 0.6) is 0 Å². The Bertz CT molecular complexity index is 597. The number of amides is 1. The summed E-state index contributed by atoms with van der Waals surface area (Å²) in [5, 5.41) is 8.77. The highest BCUT2D eigenvalue weighted by atomic mass is 16.2. The minimum atomic E-state index is -0.0151. The molecule has 2 N–H and O–H groups in total. The Morgan fingerprint density at radius 2 is 2.00 bits per heavy atom. The SMILES string of the molecule is O=C(NCc1cccc2ccccc12)[C@H]1CCCCN1. The number of carbonyl (C=O) groups is 1. The first-order chi connectivity index (χ1) is 9.84. The molecule has 1 heterocycles. The van der Waals surface area contributed by atoms with Gasteiger partial charge in [0.15, 0.2) is 0 Å². The minimum Gasteiger partial charge on any atom is -0.351 e. The molecule has 0 radical (unpaired) electrons. The molecule has 0 aliphatic carbocycles. The molecule has 1 atom stereocenters. The highest BCUT2D eigenvalue weighted by molar-refractivity contribution is 5.86. The predicted molar refractivity (Wildman–Crippen MR) is 81.4 cm³/mol. The molecule has 1 fully saturated rings. The van der Waals surface area contributed by atoms with Crippen LogP contribution in [-0.4, -0.2) is 18.5 Å². The molecule has 0 spiro atoms. The van der Waals surface area contributed by atoms with Crippen molar-refractivity contribution in [2.45, 2.75) is 31.8 Å². The maximum absolute atomic E-state index is 12.1. The number of carbonyl (C=O) groups excluding carboxylic acids is 1. The maximum Gasteiger partial charge on any atom is 0.237 e.